The van der Waals surface area contributed by atoms with Gasteiger partial charge in [-0.05, 0) is 49.7 Å². The summed E-state index contributed by atoms with van der Waals surface area (Å²) in [5.41, 5.74) is 0.693. The number of guanidine groups is 1. The third kappa shape index (κ3) is 5.52. The number of nitrogens with zero attached hydrogens (tertiary/aromatic N) is 4. The first kappa shape index (κ1) is 19.3. The van der Waals surface area contributed by atoms with Crippen LogP contribution < -0.4 is 10.6 Å². The molecule has 3 rings (SSSR count). The molecule has 2 aromatic heterocycles. The normalized spacial score (nSPS) is 20.7. The fourth-order valence-corrected chi connectivity index (χ4v) is 3.56. The molecule has 2 N–H and O–H groups in total. The lowest BCUT2D eigenvalue weighted by Crippen LogP contribution is -2.45. The number of hydrogen-bond acceptors (Lipinski definition) is 5. The zero-order valence-electron chi connectivity index (χ0n) is 16.5. The van der Waals surface area contributed by atoms with Gasteiger partial charge in [0, 0.05) is 32.3 Å². The molecule has 1 saturated carbocycles. The lowest BCUT2D eigenvalue weighted by molar-refractivity contribution is 0.250. The Balaban J connectivity index is 1.42. The van der Waals surface area contributed by atoms with Crippen LogP contribution in [-0.4, -0.2) is 40.7 Å². The zero-order chi connectivity index (χ0) is 19.1. The molecule has 0 atom stereocenters. The van der Waals surface area contributed by atoms with E-state index in [2.05, 4.69) is 44.6 Å². The number of aromatic nitrogens is 3. The Labute approximate surface area is 161 Å². The fourth-order valence-electron chi connectivity index (χ4n) is 3.56. The van der Waals surface area contributed by atoms with E-state index in [9.17, 15) is 0 Å². The second-order valence-corrected chi connectivity index (χ2v) is 7.48. The first-order valence-electron chi connectivity index (χ1n) is 9.87. The minimum absolute atomic E-state index is 0.454. The zero-order valence-corrected chi connectivity index (χ0v) is 16.5. The molecule has 7 nitrogen and oxygen atoms in total. The van der Waals surface area contributed by atoms with Crippen molar-refractivity contribution >= 4 is 5.96 Å². The molecule has 0 unspecified atom stereocenters. The van der Waals surface area contributed by atoms with Crippen molar-refractivity contribution in [2.75, 3.05) is 13.6 Å². The van der Waals surface area contributed by atoms with Crippen molar-refractivity contribution in [3.8, 4) is 11.6 Å². The van der Waals surface area contributed by atoms with Gasteiger partial charge in [-0.2, -0.15) is 4.98 Å². The molecule has 0 saturated heterocycles. The molecule has 146 valence electrons. The number of aliphatic imine (C=N–C) groups is 1. The van der Waals surface area contributed by atoms with E-state index >= 15 is 0 Å². The Morgan fingerprint density at radius 2 is 2.07 bits per heavy atom. The molecule has 0 radical (unpaired) electrons. The smallest absolute Gasteiger partial charge is 0.276 e. The van der Waals surface area contributed by atoms with E-state index in [1.807, 2.05) is 25.2 Å². The average Bonchev–Trinajstić information content (AvgIpc) is 3.17. The second kappa shape index (κ2) is 9.48. The van der Waals surface area contributed by atoms with Crippen LogP contribution in [0.3, 0.4) is 0 Å². The van der Waals surface area contributed by atoms with E-state index < -0.39 is 0 Å². The van der Waals surface area contributed by atoms with Gasteiger partial charge in [-0.15, -0.1) is 0 Å². The summed E-state index contributed by atoms with van der Waals surface area (Å²) >= 11 is 0. The van der Waals surface area contributed by atoms with Crippen LogP contribution in [0.5, 0.6) is 0 Å². The van der Waals surface area contributed by atoms with Crippen LogP contribution in [0.15, 0.2) is 33.9 Å². The van der Waals surface area contributed by atoms with Gasteiger partial charge in [-0.25, -0.2) is 0 Å². The summed E-state index contributed by atoms with van der Waals surface area (Å²) in [4.78, 5) is 13.0. The van der Waals surface area contributed by atoms with Gasteiger partial charge < -0.3 is 15.2 Å². The van der Waals surface area contributed by atoms with Crippen LogP contribution in [-0.2, 0) is 6.42 Å². The lowest BCUT2D eigenvalue weighted by Gasteiger charge is -2.32. The molecule has 2 aromatic rings. The average molecular weight is 371 g/mol. The van der Waals surface area contributed by atoms with Crippen LogP contribution in [0.1, 0.15) is 45.4 Å². The maximum Gasteiger partial charge on any atom is 0.276 e. The molecule has 1 aliphatic carbocycles. The van der Waals surface area contributed by atoms with Crippen molar-refractivity contribution in [2.45, 2.75) is 52.0 Å². The lowest BCUT2D eigenvalue weighted by atomic mass is 9.80. The molecule has 27 heavy (non-hydrogen) atoms. The molecule has 2 heterocycles. The standard InChI is InChI=1S/C20H30N6O/c1-14(2)15-7-9-16(10-8-15)24-20(21-3)23-13-11-18-25-19(27-26-18)17-6-4-5-12-22-17/h4-6,12,14-16H,7-11,13H2,1-3H3,(H2,21,23,24). The van der Waals surface area contributed by atoms with Crippen molar-refractivity contribution in [1.82, 2.24) is 25.8 Å². The van der Waals surface area contributed by atoms with Crippen molar-refractivity contribution in [2.24, 2.45) is 16.8 Å². The van der Waals surface area contributed by atoms with Gasteiger partial charge in [-0.3, -0.25) is 9.98 Å². The molecular formula is C20H30N6O. The minimum Gasteiger partial charge on any atom is -0.356 e. The Bertz CT molecular complexity index is 719. The third-order valence-electron chi connectivity index (χ3n) is 5.27. The Morgan fingerprint density at radius 1 is 1.26 bits per heavy atom. The number of pyridine rings is 1. The number of nitrogens with one attached hydrogen (secondary N) is 2. The Kier molecular flexibility index (Phi) is 6.79. The quantitative estimate of drug-likeness (QED) is 0.600. The summed E-state index contributed by atoms with van der Waals surface area (Å²) in [6, 6.07) is 6.12. The van der Waals surface area contributed by atoms with E-state index in [4.69, 9.17) is 4.52 Å². The highest BCUT2D eigenvalue weighted by Gasteiger charge is 2.23. The molecule has 0 aliphatic heterocycles. The van der Waals surface area contributed by atoms with Crippen molar-refractivity contribution in [3.05, 3.63) is 30.2 Å². The van der Waals surface area contributed by atoms with E-state index in [1.54, 1.807) is 6.20 Å². The molecule has 0 amide bonds. The largest absolute Gasteiger partial charge is 0.356 e. The highest BCUT2D eigenvalue weighted by molar-refractivity contribution is 5.79. The summed E-state index contributed by atoms with van der Waals surface area (Å²) in [5, 5.41) is 10.9. The highest BCUT2D eigenvalue weighted by atomic mass is 16.5. The summed E-state index contributed by atoms with van der Waals surface area (Å²) < 4.78 is 5.29. The van der Waals surface area contributed by atoms with Crippen LogP contribution in [0.25, 0.3) is 11.6 Å². The number of hydrogen-bond donors (Lipinski definition) is 2. The van der Waals surface area contributed by atoms with Crippen LogP contribution in [0.4, 0.5) is 0 Å². The van der Waals surface area contributed by atoms with Gasteiger partial charge >= 0.3 is 0 Å². The second-order valence-electron chi connectivity index (χ2n) is 7.48. The summed E-state index contributed by atoms with van der Waals surface area (Å²) in [6.07, 6.45) is 7.39. The predicted octanol–water partition coefficient (Wildman–Crippen LogP) is 3.05. The SMILES string of the molecule is CN=C(NCCc1noc(-c2ccccn2)n1)NC1CCC(C(C)C)CC1. The Hall–Kier alpha value is -2.44. The van der Waals surface area contributed by atoms with Crippen molar-refractivity contribution in [1.29, 1.82) is 0 Å². The molecule has 7 heteroatoms. The van der Waals surface area contributed by atoms with E-state index in [0.717, 1.165) is 17.8 Å². The molecule has 0 spiro atoms. The van der Waals surface area contributed by atoms with E-state index in [1.165, 1.54) is 25.7 Å². The molecular weight excluding hydrogens is 340 g/mol. The van der Waals surface area contributed by atoms with Crippen LogP contribution in [0.2, 0.25) is 0 Å². The van der Waals surface area contributed by atoms with Gasteiger partial charge in [0.15, 0.2) is 11.8 Å². The van der Waals surface area contributed by atoms with Crippen molar-refractivity contribution < 1.29 is 4.52 Å². The maximum atomic E-state index is 5.29. The summed E-state index contributed by atoms with van der Waals surface area (Å²) in [6.45, 7) is 5.36. The molecule has 1 aliphatic rings. The molecule has 0 bridgehead atoms. The Morgan fingerprint density at radius 3 is 2.74 bits per heavy atom. The monoisotopic (exact) mass is 370 g/mol. The minimum atomic E-state index is 0.454. The molecule has 0 aromatic carbocycles. The van der Waals surface area contributed by atoms with Gasteiger partial charge in [0.25, 0.3) is 5.89 Å². The van der Waals surface area contributed by atoms with E-state index in [-0.39, 0.29) is 0 Å². The highest BCUT2D eigenvalue weighted by Crippen LogP contribution is 2.29. The van der Waals surface area contributed by atoms with E-state index in [0.29, 0.717) is 36.4 Å². The van der Waals surface area contributed by atoms with Gasteiger partial charge in [0.05, 0.1) is 0 Å². The first-order chi connectivity index (χ1) is 13.2. The van der Waals surface area contributed by atoms with Crippen LogP contribution >= 0.6 is 0 Å². The predicted molar refractivity (Wildman–Crippen MR) is 106 cm³/mol. The maximum absolute atomic E-state index is 5.29. The topological polar surface area (TPSA) is 88.2 Å². The van der Waals surface area contributed by atoms with Gasteiger partial charge in [0.2, 0.25) is 0 Å². The summed E-state index contributed by atoms with van der Waals surface area (Å²) in [7, 11) is 1.81. The fraction of sp³-hybridized carbons (Fsp3) is 0.600. The third-order valence-corrected chi connectivity index (χ3v) is 5.27. The van der Waals surface area contributed by atoms with Crippen LogP contribution in [0, 0.1) is 11.8 Å². The summed E-state index contributed by atoms with van der Waals surface area (Å²) in [5.74, 6) is 3.61. The van der Waals surface area contributed by atoms with Crippen molar-refractivity contribution in [3.63, 3.8) is 0 Å². The van der Waals surface area contributed by atoms with Gasteiger partial charge in [-0.1, -0.05) is 25.1 Å². The number of rotatable bonds is 6. The molecule has 1 fully saturated rings. The first-order valence-corrected chi connectivity index (χ1v) is 9.87. The van der Waals surface area contributed by atoms with Gasteiger partial charge in [0.1, 0.15) is 5.69 Å².